The minimum atomic E-state index is 0.420. The van der Waals surface area contributed by atoms with Crippen molar-refractivity contribution in [2.24, 2.45) is 23.2 Å². The number of aromatic hydroxyl groups is 1. The monoisotopic (exact) mass is 282 g/mol. The molecule has 0 spiro atoms. The van der Waals surface area contributed by atoms with E-state index in [2.05, 4.69) is 25.6 Å². The molecule has 0 saturated heterocycles. The highest BCUT2D eigenvalue weighted by Crippen LogP contribution is 2.62. The topological polar surface area (TPSA) is 20.2 Å². The molecule has 0 aromatic heterocycles. The van der Waals surface area contributed by atoms with Crippen molar-refractivity contribution in [2.45, 2.75) is 51.4 Å². The number of phenolic OH excluding ortho intramolecular Hbond substituents is 1. The van der Waals surface area contributed by atoms with Gasteiger partial charge in [0.15, 0.2) is 0 Å². The van der Waals surface area contributed by atoms with Gasteiger partial charge in [-0.1, -0.05) is 25.5 Å². The van der Waals surface area contributed by atoms with E-state index in [9.17, 15) is 5.11 Å². The largest absolute Gasteiger partial charge is 0.508 e. The molecule has 4 rings (SSSR count). The molecule has 1 nitrogen and oxygen atoms in total. The van der Waals surface area contributed by atoms with Crippen molar-refractivity contribution in [1.29, 1.82) is 0 Å². The maximum atomic E-state index is 9.78. The first-order chi connectivity index (χ1) is 10.1. The number of hydrogen-bond acceptors (Lipinski definition) is 1. The molecular formula is C20H26O. The fraction of sp³-hybridized carbons (Fsp3) is 0.600. The van der Waals surface area contributed by atoms with Gasteiger partial charge in [0.1, 0.15) is 5.75 Å². The zero-order valence-electron chi connectivity index (χ0n) is 13.0. The van der Waals surface area contributed by atoms with Crippen LogP contribution in [0.5, 0.6) is 5.75 Å². The third kappa shape index (κ3) is 1.89. The number of allylic oxidation sites excluding steroid dienone is 1. The second-order valence-corrected chi connectivity index (χ2v) is 7.87. The number of benzene rings is 1. The first-order valence-electron chi connectivity index (χ1n) is 8.57. The second kappa shape index (κ2) is 4.63. The van der Waals surface area contributed by atoms with Crippen LogP contribution in [-0.4, -0.2) is 5.11 Å². The van der Waals surface area contributed by atoms with E-state index in [-0.39, 0.29) is 0 Å². The fourth-order valence-electron chi connectivity index (χ4n) is 6.01. The summed E-state index contributed by atoms with van der Waals surface area (Å²) < 4.78 is 0. The summed E-state index contributed by atoms with van der Waals surface area (Å²) in [4.78, 5) is 0. The number of fused-ring (bicyclic) bond motifs is 5. The lowest BCUT2D eigenvalue weighted by Crippen LogP contribution is -2.43. The number of hydrogen-bond donors (Lipinski definition) is 1. The molecule has 112 valence electrons. The highest BCUT2D eigenvalue weighted by Gasteiger charge is 2.53. The van der Waals surface area contributed by atoms with E-state index in [1.165, 1.54) is 43.2 Å². The number of phenols is 1. The highest BCUT2D eigenvalue weighted by atomic mass is 16.3. The van der Waals surface area contributed by atoms with Crippen molar-refractivity contribution in [3.05, 3.63) is 42.0 Å². The van der Waals surface area contributed by atoms with Gasteiger partial charge in [-0.15, -0.1) is 6.58 Å². The predicted molar refractivity (Wildman–Crippen MR) is 86.4 cm³/mol. The van der Waals surface area contributed by atoms with Crippen molar-refractivity contribution in [3.63, 3.8) is 0 Å². The minimum Gasteiger partial charge on any atom is -0.508 e. The average Bonchev–Trinajstić information content (AvgIpc) is 2.87. The van der Waals surface area contributed by atoms with Gasteiger partial charge < -0.3 is 5.11 Å². The molecule has 1 heteroatoms. The lowest BCUT2D eigenvalue weighted by molar-refractivity contribution is 0.0334. The van der Waals surface area contributed by atoms with Crippen LogP contribution >= 0.6 is 0 Å². The van der Waals surface area contributed by atoms with E-state index in [1.807, 2.05) is 12.1 Å². The van der Waals surface area contributed by atoms with Crippen LogP contribution in [0.3, 0.4) is 0 Å². The molecule has 2 saturated carbocycles. The standard InChI is InChI=1S/C20H26O/c1-3-13-12-20(2)10-4-5-18(20)17-8-6-14-11-15(21)7-9-16(14)19(13)17/h3,7,9,11,13,17-19,21H,1,4-6,8,10,12H2,2H3/t13-,17?,18?,19?,20-/m0/s1. The summed E-state index contributed by atoms with van der Waals surface area (Å²) in [6, 6.07) is 6.06. The molecule has 3 aliphatic carbocycles. The maximum absolute atomic E-state index is 9.78. The lowest BCUT2D eigenvalue weighted by atomic mass is 9.52. The first kappa shape index (κ1) is 13.4. The van der Waals surface area contributed by atoms with E-state index >= 15 is 0 Å². The summed E-state index contributed by atoms with van der Waals surface area (Å²) in [5, 5.41) is 9.78. The van der Waals surface area contributed by atoms with Gasteiger partial charge in [-0.05, 0) is 84.5 Å². The van der Waals surface area contributed by atoms with E-state index < -0.39 is 0 Å². The lowest BCUT2D eigenvalue weighted by Gasteiger charge is -2.52. The molecule has 1 N–H and O–H groups in total. The van der Waals surface area contributed by atoms with Crippen molar-refractivity contribution in [3.8, 4) is 5.75 Å². The third-order valence-corrected chi connectivity index (χ3v) is 6.84. The van der Waals surface area contributed by atoms with Crippen LogP contribution < -0.4 is 0 Å². The van der Waals surface area contributed by atoms with Crippen LogP contribution in [0.2, 0.25) is 0 Å². The van der Waals surface area contributed by atoms with Crippen LogP contribution in [-0.2, 0) is 6.42 Å². The molecule has 1 aromatic carbocycles. The van der Waals surface area contributed by atoms with Crippen LogP contribution in [0.25, 0.3) is 0 Å². The SMILES string of the molecule is C=C[C@H]1C[C@]2(C)CCCC2C2CCc3cc(O)ccc3C21. The Bertz CT molecular complexity index is 575. The Kier molecular flexibility index (Phi) is 2.96. The van der Waals surface area contributed by atoms with Gasteiger partial charge in [0.2, 0.25) is 0 Å². The summed E-state index contributed by atoms with van der Waals surface area (Å²) in [6.45, 7) is 6.69. The molecule has 0 heterocycles. The zero-order chi connectivity index (χ0) is 14.6. The molecule has 0 radical (unpaired) electrons. The molecule has 3 unspecified atom stereocenters. The van der Waals surface area contributed by atoms with Crippen molar-refractivity contribution in [1.82, 2.24) is 0 Å². The number of aryl methyl sites for hydroxylation is 1. The summed E-state index contributed by atoms with van der Waals surface area (Å²) >= 11 is 0. The third-order valence-electron chi connectivity index (χ3n) is 6.84. The van der Waals surface area contributed by atoms with Gasteiger partial charge in [-0.25, -0.2) is 0 Å². The van der Waals surface area contributed by atoms with Crippen molar-refractivity contribution >= 4 is 0 Å². The Hall–Kier alpha value is -1.24. The van der Waals surface area contributed by atoms with E-state index in [0.29, 0.717) is 23.0 Å². The van der Waals surface area contributed by atoms with Gasteiger partial charge >= 0.3 is 0 Å². The molecule has 0 bridgehead atoms. The van der Waals surface area contributed by atoms with E-state index in [0.717, 1.165) is 18.3 Å². The molecule has 3 aliphatic rings. The minimum absolute atomic E-state index is 0.420. The summed E-state index contributed by atoms with van der Waals surface area (Å²) in [5.74, 6) is 3.40. The molecule has 0 amide bonds. The molecule has 1 aromatic rings. The van der Waals surface area contributed by atoms with Gasteiger partial charge in [0.25, 0.3) is 0 Å². The average molecular weight is 282 g/mol. The Balaban J connectivity index is 1.79. The highest BCUT2D eigenvalue weighted by molar-refractivity contribution is 5.41. The van der Waals surface area contributed by atoms with Gasteiger partial charge in [0.05, 0.1) is 0 Å². The fourth-order valence-corrected chi connectivity index (χ4v) is 6.01. The summed E-state index contributed by atoms with van der Waals surface area (Å²) in [6.07, 6.45) is 10.2. The van der Waals surface area contributed by atoms with Crippen LogP contribution in [0, 0.1) is 23.2 Å². The molecular weight excluding hydrogens is 256 g/mol. The van der Waals surface area contributed by atoms with Crippen LogP contribution in [0.4, 0.5) is 0 Å². The smallest absolute Gasteiger partial charge is 0.115 e. The van der Waals surface area contributed by atoms with E-state index in [4.69, 9.17) is 0 Å². The normalized spacial score (nSPS) is 41.0. The molecule has 21 heavy (non-hydrogen) atoms. The Morgan fingerprint density at radius 1 is 1.33 bits per heavy atom. The Morgan fingerprint density at radius 3 is 3.00 bits per heavy atom. The van der Waals surface area contributed by atoms with Crippen LogP contribution in [0.1, 0.15) is 56.1 Å². The van der Waals surface area contributed by atoms with Gasteiger partial charge in [-0.3, -0.25) is 0 Å². The molecule has 2 fully saturated rings. The first-order valence-corrected chi connectivity index (χ1v) is 8.57. The maximum Gasteiger partial charge on any atom is 0.115 e. The Labute approximate surface area is 128 Å². The molecule has 0 aliphatic heterocycles. The molecule has 5 atom stereocenters. The quantitative estimate of drug-likeness (QED) is 0.715. The van der Waals surface area contributed by atoms with Gasteiger partial charge in [0, 0.05) is 0 Å². The summed E-state index contributed by atoms with van der Waals surface area (Å²) in [5.41, 5.74) is 3.43. The summed E-state index contributed by atoms with van der Waals surface area (Å²) in [7, 11) is 0. The van der Waals surface area contributed by atoms with Crippen molar-refractivity contribution < 1.29 is 5.11 Å². The van der Waals surface area contributed by atoms with E-state index in [1.54, 1.807) is 0 Å². The second-order valence-electron chi connectivity index (χ2n) is 7.87. The zero-order valence-corrected chi connectivity index (χ0v) is 13.0. The van der Waals surface area contributed by atoms with Crippen LogP contribution in [0.15, 0.2) is 30.9 Å². The number of rotatable bonds is 1. The predicted octanol–water partition coefficient (Wildman–Crippen LogP) is 5.05. The van der Waals surface area contributed by atoms with Gasteiger partial charge in [-0.2, -0.15) is 0 Å². The van der Waals surface area contributed by atoms with Crippen molar-refractivity contribution in [2.75, 3.05) is 0 Å². The Morgan fingerprint density at radius 2 is 2.19 bits per heavy atom.